The molecule has 6 heteroatoms. The van der Waals surface area contributed by atoms with Crippen molar-refractivity contribution in [1.82, 2.24) is 9.88 Å². The zero-order chi connectivity index (χ0) is 12.1. The maximum Gasteiger partial charge on any atom is 0.140 e. The Balaban J connectivity index is 1.77. The van der Waals surface area contributed by atoms with Crippen LogP contribution in [0.3, 0.4) is 0 Å². The van der Waals surface area contributed by atoms with Crippen LogP contribution in [0.1, 0.15) is 0 Å². The Morgan fingerprint density at radius 2 is 2.12 bits per heavy atom. The molecule has 1 aliphatic heterocycles. The Hall–Kier alpha value is -0.170. The lowest BCUT2D eigenvalue weighted by molar-refractivity contribution is 0.0398. The van der Waals surface area contributed by atoms with Crippen LogP contribution in [-0.2, 0) is 4.74 Å². The molecule has 1 aromatic heterocycles. The predicted molar refractivity (Wildman–Crippen MR) is 75.4 cm³/mol. The smallest absolute Gasteiger partial charge is 0.140 e. The maximum atomic E-state index is 5.31. The van der Waals surface area contributed by atoms with Gasteiger partial charge in [0.25, 0.3) is 0 Å². The summed E-state index contributed by atoms with van der Waals surface area (Å²) in [7, 11) is 0. The molecule has 1 saturated heterocycles. The van der Waals surface area contributed by atoms with Gasteiger partial charge in [-0.2, -0.15) is 0 Å². The second kappa shape index (κ2) is 6.68. The number of nitrogens with zero attached hydrogens (tertiary/aromatic N) is 2. The first-order valence-electron chi connectivity index (χ1n) is 5.61. The van der Waals surface area contributed by atoms with Gasteiger partial charge in [0.2, 0.25) is 0 Å². The first-order valence-corrected chi connectivity index (χ1v) is 7.19. The van der Waals surface area contributed by atoms with Crippen LogP contribution in [-0.4, -0.2) is 49.3 Å². The van der Waals surface area contributed by atoms with E-state index in [0.717, 1.165) is 54.2 Å². The van der Waals surface area contributed by atoms with E-state index in [-0.39, 0.29) is 0 Å². The van der Waals surface area contributed by atoms with E-state index in [1.807, 2.05) is 6.07 Å². The number of ether oxygens (including phenoxy) is 1. The molecule has 17 heavy (non-hydrogen) atoms. The Morgan fingerprint density at radius 1 is 1.35 bits per heavy atom. The average Bonchev–Trinajstić information content (AvgIpc) is 2.33. The van der Waals surface area contributed by atoms with Crippen molar-refractivity contribution in [2.24, 2.45) is 0 Å². The third kappa shape index (κ3) is 4.21. The molecule has 2 heterocycles. The molecule has 2 rings (SSSR count). The van der Waals surface area contributed by atoms with Gasteiger partial charge in [0.15, 0.2) is 0 Å². The highest BCUT2D eigenvalue weighted by molar-refractivity contribution is 9.11. The molecule has 0 bridgehead atoms. The van der Waals surface area contributed by atoms with Gasteiger partial charge in [-0.1, -0.05) is 0 Å². The number of nitrogens with one attached hydrogen (secondary N) is 1. The fourth-order valence-electron chi connectivity index (χ4n) is 1.70. The van der Waals surface area contributed by atoms with E-state index < -0.39 is 0 Å². The maximum absolute atomic E-state index is 5.31. The molecule has 0 atom stereocenters. The highest BCUT2D eigenvalue weighted by Gasteiger charge is 2.09. The zero-order valence-corrected chi connectivity index (χ0v) is 12.6. The highest BCUT2D eigenvalue weighted by Crippen LogP contribution is 2.23. The quantitative estimate of drug-likeness (QED) is 0.889. The summed E-state index contributed by atoms with van der Waals surface area (Å²) >= 11 is 6.87. The molecular formula is C11H15Br2N3O. The summed E-state index contributed by atoms with van der Waals surface area (Å²) in [6, 6.07) is 1.99. The van der Waals surface area contributed by atoms with Crippen molar-refractivity contribution in [2.75, 3.05) is 44.7 Å². The van der Waals surface area contributed by atoms with Crippen molar-refractivity contribution < 1.29 is 4.74 Å². The summed E-state index contributed by atoms with van der Waals surface area (Å²) in [5.41, 5.74) is 0. The Morgan fingerprint density at radius 3 is 2.82 bits per heavy atom. The van der Waals surface area contributed by atoms with Crippen LogP contribution in [0.15, 0.2) is 21.2 Å². The summed E-state index contributed by atoms with van der Waals surface area (Å²) in [6.07, 6.45) is 1.79. The fraction of sp³-hybridized carbons (Fsp3) is 0.545. The van der Waals surface area contributed by atoms with Gasteiger partial charge in [-0.3, -0.25) is 4.90 Å². The van der Waals surface area contributed by atoms with Crippen LogP contribution < -0.4 is 5.32 Å². The summed E-state index contributed by atoms with van der Waals surface area (Å²) in [5, 5.41) is 3.33. The number of halogens is 2. The van der Waals surface area contributed by atoms with Crippen LogP contribution in [0.4, 0.5) is 5.82 Å². The number of pyridine rings is 1. The topological polar surface area (TPSA) is 37.4 Å². The van der Waals surface area contributed by atoms with Crippen molar-refractivity contribution in [2.45, 2.75) is 0 Å². The van der Waals surface area contributed by atoms with E-state index in [9.17, 15) is 0 Å². The van der Waals surface area contributed by atoms with Crippen LogP contribution in [0.25, 0.3) is 0 Å². The minimum Gasteiger partial charge on any atom is -0.379 e. The molecule has 0 amide bonds. The molecule has 0 unspecified atom stereocenters. The van der Waals surface area contributed by atoms with Gasteiger partial charge in [-0.15, -0.1) is 0 Å². The van der Waals surface area contributed by atoms with E-state index in [1.54, 1.807) is 6.20 Å². The van der Waals surface area contributed by atoms with Gasteiger partial charge in [0.05, 0.1) is 17.7 Å². The molecule has 4 nitrogen and oxygen atoms in total. The molecule has 1 aliphatic rings. The van der Waals surface area contributed by atoms with Crippen LogP contribution in [0.2, 0.25) is 0 Å². The van der Waals surface area contributed by atoms with E-state index in [2.05, 4.69) is 47.1 Å². The number of aromatic nitrogens is 1. The summed E-state index contributed by atoms with van der Waals surface area (Å²) < 4.78 is 7.26. The minimum atomic E-state index is 0.847. The van der Waals surface area contributed by atoms with Crippen molar-refractivity contribution >= 4 is 37.7 Å². The van der Waals surface area contributed by atoms with Crippen LogP contribution in [0, 0.1) is 0 Å². The van der Waals surface area contributed by atoms with Crippen molar-refractivity contribution in [3.8, 4) is 0 Å². The third-order valence-corrected chi connectivity index (χ3v) is 3.67. The standard InChI is InChI=1S/C11H15Br2N3O/c12-9-7-10(13)11(15-8-9)14-1-2-16-3-5-17-6-4-16/h7-8H,1-6H2,(H,14,15). The normalized spacial score (nSPS) is 17.1. The lowest BCUT2D eigenvalue weighted by atomic mass is 10.4. The monoisotopic (exact) mass is 363 g/mol. The number of hydrogen-bond donors (Lipinski definition) is 1. The summed E-state index contributed by atoms with van der Waals surface area (Å²) in [4.78, 5) is 6.70. The molecule has 1 fully saturated rings. The SMILES string of the molecule is Brc1cnc(NCCN2CCOCC2)c(Br)c1. The molecule has 0 aliphatic carbocycles. The van der Waals surface area contributed by atoms with Crippen LogP contribution in [0.5, 0.6) is 0 Å². The van der Waals surface area contributed by atoms with Crippen LogP contribution >= 0.6 is 31.9 Å². The summed E-state index contributed by atoms with van der Waals surface area (Å²) in [6.45, 7) is 5.66. The number of rotatable bonds is 4. The summed E-state index contributed by atoms with van der Waals surface area (Å²) in [5.74, 6) is 0.890. The zero-order valence-electron chi connectivity index (χ0n) is 9.46. The third-order valence-electron chi connectivity index (χ3n) is 2.63. The number of morpholine rings is 1. The second-order valence-corrected chi connectivity index (χ2v) is 5.63. The molecule has 1 aromatic rings. The van der Waals surface area contributed by atoms with Gasteiger partial charge in [-0.25, -0.2) is 4.98 Å². The first kappa shape index (κ1) is 13.3. The van der Waals surface area contributed by atoms with Gasteiger partial charge in [-0.05, 0) is 37.9 Å². The van der Waals surface area contributed by atoms with Crippen molar-refractivity contribution in [3.05, 3.63) is 21.2 Å². The van der Waals surface area contributed by atoms with E-state index >= 15 is 0 Å². The Bertz CT molecular complexity index is 370. The van der Waals surface area contributed by atoms with Crippen molar-refractivity contribution in [1.29, 1.82) is 0 Å². The molecule has 0 saturated carbocycles. The Labute approximate surface area is 118 Å². The first-order chi connectivity index (χ1) is 8.25. The van der Waals surface area contributed by atoms with E-state index in [1.165, 1.54) is 0 Å². The van der Waals surface area contributed by atoms with Crippen molar-refractivity contribution in [3.63, 3.8) is 0 Å². The second-order valence-electron chi connectivity index (χ2n) is 3.86. The lowest BCUT2D eigenvalue weighted by Crippen LogP contribution is -2.39. The fourth-order valence-corrected chi connectivity index (χ4v) is 2.83. The van der Waals surface area contributed by atoms with E-state index in [0.29, 0.717) is 0 Å². The number of hydrogen-bond acceptors (Lipinski definition) is 4. The molecule has 0 spiro atoms. The van der Waals surface area contributed by atoms with Gasteiger partial charge in [0, 0.05) is 36.8 Å². The molecule has 1 N–H and O–H groups in total. The Kier molecular flexibility index (Phi) is 5.21. The molecular weight excluding hydrogens is 350 g/mol. The van der Waals surface area contributed by atoms with Gasteiger partial charge in [0.1, 0.15) is 5.82 Å². The molecule has 0 aromatic carbocycles. The number of anilines is 1. The lowest BCUT2D eigenvalue weighted by Gasteiger charge is -2.26. The largest absolute Gasteiger partial charge is 0.379 e. The predicted octanol–water partition coefficient (Wildman–Crippen LogP) is 2.35. The van der Waals surface area contributed by atoms with Gasteiger partial charge < -0.3 is 10.1 Å². The highest BCUT2D eigenvalue weighted by atomic mass is 79.9. The molecule has 0 radical (unpaired) electrons. The molecule has 94 valence electrons. The average molecular weight is 365 g/mol. The van der Waals surface area contributed by atoms with Gasteiger partial charge >= 0.3 is 0 Å². The van der Waals surface area contributed by atoms with E-state index in [4.69, 9.17) is 4.74 Å². The minimum absolute atomic E-state index is 0.847.